The van der Waals surface area contributed by atoms with E-state index >= 15 is 0 Å². The second-order valence-corrected chi connectivity index (χ2v) is 5.76. The van der Waals surface area contributed by atoms with Crippen LogP contribution in [0.5, 0.6) is 0 Å². The Morgan fingerprint density at radius 2 is 2.12 bits per heavy atom. The molecule has 0 bridgehead atoms. The summed E-state index contributed by atoms with van der Waals surface area (Å²) in [5.41, 5.74) is 1.36. The Balaban J connectivity index is 1.82. The van der Waals surface area contributed by atoms with Gasteiger partial charge < -0.3 is 5.32 Å². The molecule has 16 heavy (non-hydrogen) atoms. The Bertz CT molecular complexity index is 331. The van der Waals surface area contributed by atoms with Gasteiger partial charge in [0.2, 0.25) is 0 Å². The molecule has 0 unspecified atom stereocenters. The smallest absolute Gasteiger partial charge is 0.0208 e. The van der Waals surface area contributed by atoms with Gasteiger partial charge in [0.15, 0.2) is 0 Å². The quantitative estimate of drug-likeness (QED) is 0.876. The molecule has 0 heterocycles. The van der Waals surface area contributed by atoms with Crippen LogP contribution in [0.2, 0.25) is 0 Å². The van der Waals surface area contributed by atoms with Gasteiger partial charge in [-0.25, -0.2) is 0 Å². The number of rotatable bonds is 4. The first kappa shape index (κ1) is 12.1. The average molecular weight is 282 g/mol. The van der Waals surface area contributed by atoms with E-state index < -0.39 is 0 Å². The molecule has 0 aromatic heterocycles. The summed E-state index contributed by atoms with van der Waals surface area (Å²) < 4.78 is 1.17. The third kappa shape index (κ3) is 3.33. The minimum Gasteiger partial charge on any atom is -0.310 e. The molecule has 0 saturated heterocycles. The van der Waals surface area contributed by atoms with Crippen molar-refractivity contribution in [3.63, 3.8) is 0 Å². The van der Waals surface area contributed by atoms with Gasteiger partial charge in [-0.15, -0.1) is 0 Å². The van der Waals surface area contributed by atoms with E-state index in [9.17, 15) is 0 Å². The van der Waals surface area contributed by atoms with Crippen LogP contribution >= 0.6 is 15.9 Å². The standard InChI is InChI=1S/C14H20BrN/c1-11(13-6-2-3-7-13)16-10-12-5-4-8-14(15)9-12/h4-5,8-9,11,13,16H,2-3,6-7,10H2,1H3/t11-/m1/s1. The van der Waals surface area contributed by atoms with Crippen molar-refractivity contribution in [3.8, 4) is 0 Å². The van der Waals surface area contributed by atoms with E-state index in [1.54, 1.807) is 0 Å². The first-order valence-electron chi connectivity index (χ1n) is 6.23. The molecule has 1 saturated carbocycles. The van der Waals surface area contributed by atoms with Gasteiger partial charge in [-0.05, 0) is 43.4 Å². The summed E-state index contributed by atoms with van der Waals surface area (Å²) in [5, 5.41) is 3.65. The van der Waals surface area contributed by atoms with Gasteiger partial charge in [0.25, 0.3) is 0 Å². The first-order valence-corrected chi connectivity index (χ1v) is 7.03. The number of hydrogen-bond acceptors (Lipinski definition) is 1. The Kier molecular flexibility index (Phi) is 4.42. The summed E-state index contributed by atoms with van der Waals surface area (Å²) in [4.78, 5) is 0. The van der Waals surface area contributed by atoms with Crippen LogP contribution < -0.4 is 5.32 Å². The Hall–Kier alpha value is -0.340. The van der Waals surface area contributed by atoms with Crippen LogP contribution in [-0.4, -0.2) is 6.04 Å². The normalized spacial score (nSPS) is 18.9. The monoisotopic (exact) mass is 281 g/mol. The van der Waals surface area contributed by atoms with Crippen LogP contribution in [0.25, 0.3) is 0 Å². The maximum absolute atomic E-state index is 3.65. The maximum Gasteiger partial charge on any atom is 0.0208 e. The third-order valence-corrected chi connectivity index (χ3v) is 4.12. The number of hydrogen-bond donors (Lipinski definition) is 1. The molecule has 0 radical (unpaired) electrons. The van der Waals surface area contributed by atoms with Crippen LogP contribution in [0.4, 0.5) is 0 Å². The van der Waals surface area contributed by atoms with Crippen LogP contribution in [0.3, 0.4) is 0 Å². The van der Waals surface area contributed by atoms with Gasteiger partial charge in [0.05, 0.1) is 0 Å². The Labute approximate surface area is 107 Å². The lowest BCUT2D eigenvalue weighted by molar-refractivity contribution is 0.380. The molecule has 0 spiro atoms. The lowest BCUT2D eigenvalue weighted by atomic mass is 9.99. The highest BCUT2D eigenvalue weighted by Crippen LogP contribution is 2.27. The second-order valence-electron chi connectivity index (χ2n) is 4.84. The fourth-order valence-corrected chi connectivity index (χ4v) is 3.00. The summed E-state index contributed by atoms with van der Waals surface area (Å²) in [5.74, 6) is 0.896. The molecule has 88 valence electrons. The van der Waals surface area contributed by atoms with Gasteiger partial charge >= 0.3 is 0 Å². The van der Waals surface area contributed by atoms with E-state index in [2.05, 4.69) is 52.4 Å². The molecule has 2 heteroatoms. The Morgan fingerprint density at radius 1 is 1.38 bits per heavy atom. The van der Waals surface area contributed by atoms with Crippen molar-refractivity contribution in [2.24, 2.45) is 5.92 Å². The summed E-state index contributed by atoms with van der Waals surface area (Å²) in [7, 11) is 0. The zero-order valence-electron chi connectivity index (χ0n) is 9.88. The van der Waals surface area contributed by atoms with Gasteiger partial charge in [-0.3, -0.25) is 0 Å². The molecule has 1 aliphatic carbocycles. The fraction of sp³-hybridized carbons (Fsp3) is 0.571. The maximum atomic E-state index is 3.65. The minimum absolute atomic E-state index is 0.654. The lowest BCUT2D eigenvalue weighted by Crippen LogP contribution is -2.31. The summed E-state index contributed by atoms with van der Waals surface area (Å²) in [6.45, 7) is 3.31. The largest absolute Gasteiger partial charge is 0.310 e. The van der Waals surface area contributed by atoms with E-state index in [0.29, 0.717) is 6.04 Å². The molecule has 1 nitrogen and oxygen atoms in total. The number of halogens is 1. The Morgan fingerprint density at radius 3 is 2.81 bits per heavy atom. The number of nitrogens with one attached hydrogen (secondary N) is 1. The zero-order valence-corrected chi connectivity index (χ0v) is 11.5. The van der Waals surface area contributed by atoms with E-state index in [1.165, 1.54) is 35.7 Å². The van der Waals surface area contributed by atoms with Gasteiger partial charge in [-0.2, -0.15) is 0 Å². The topological polar surface area (TPSA) is 12.0 Å². The molecule has 1 N–H and O–H groups in total. The molecule has 1 aromatic rings. The summed E-state index contributed by atoms with van der Waals surface area (Å²) >= 11 is 3.51. The van der Waals surface area contributed by atoms with Crippen molar-refractivity contribution < 1.29 is 0 Å². The molecular formula is C14H20BrN. The molecule has 0 amide bonds. The van der Waals surface area contributed by atoms with Gasteiger partial charge in [-0.1, -0.05) is 40.9 Å². The van der Waals surface area contributed by atoms with E-state index in [0.717, 1.165) is 12.5 Å². The van der Waals surface area contributed by atoms with Crippen molar-refractivity contribution >= 4 is 15.9 Å². The lowest BCUT2D eigenvalue weighted by Gasteiger charge is -2.20. The average Bonchev–Trinajstić information content (AvgIpc) is 2.79. The molecule has 0 aliphatic heterocycles. The molecule has 1 aliphatic rings. The van der Waals surface area contributed by atoms with E-state index in [4.69, 9.17) is 0 Å². The van der Waals surface area contributed by atoms with E-state index in [1.807, 2.05) is 0 Å². The molecular weight excluding hydrogens is 262 g/mol. The fourth-order valence-electron chi connectivity index (χ4n) is 2.55. The van der Waals surface area contributed by atoms with E-state index in [-0.39, 0.29) is 0 Å². The van der Waals surface area contributed by atoms with Crippen molar-refractivity contribution in [3.05, 3.63) is 34.3 Å². The van der Waals surface area contributed by atoms with Crippen LogP contribution in [0.15, 0.2) is 28.7 Å². The van der Waals surface area contributed by atoms with Gasteiger partial charge in [0, 0.05) is 17.1 Å². The third-order valence-electron chi connectivity index (χ3n) is 3.62. The molecule has 2 rings (SSSR count). The first-order chi connectivity index (χ1) is 7.75. The predicted octanol–water partition coefficient (Wildman–Crippen LogP) is 4.12. The zero-order chi connectivity index (χ0) is 11.4. The van der Waals surface area contributed by atoms with Crippen molar-refractivity contribution in [1.82, 2.24) is 5.32 Å². The van der Waals surface area contributed by atoms with Crippen LogP contribution in [0.1, 0.15) is 38.2 Å². The van der Waals surface area contributed by atoms with Crippen molar-refractivity contribution in [1.29, 1.82) is 0 Å². The highest BCUT2D eigenvalue weighted by molar-refractivity contribution is 9.10. The summed E-state index contributed by atoms with van der Waals surface area (Å²) in [6.07, 6.45) is 5.67. The highest BCUT2D eigenvalue weighted by atomic mass is 79.9. The minimum atomic E-state index is 0.654. The predicted molar refractivity (Wildman–Crippen MR) is 72.4 cm³/mol. The van der Waals surface area contributed by atoms with Crippen LogP contribution in [0, 0.1) is 5.92 Å². The van der Waals surface area contributed by atoms with Crippen molar-refractivity contribution in [2.45, 2.75) is 45.2 Å². The molecule has 1 fully saturated rings. The molecule has 1 atom stereocenters. The number of benzene rings is 1. The van der Waals surface area contributed by atoms with Crippen LogP contribution in [-0.2, 0) is 6.54 Å². The van der Waals surface area contributed by atoms with Crippen molar-refractivity contribution in [2.75, 3.05) is 0 Å². The second kappa shape index (κ2) is 5.83. The SMILES string of the molecule is C[C@@H](NCc1cccc(Br)c1)C1CCCC1. The van der Waals surface area contributed by atoms with Gasteiger partial charge in [0.1, 0.15) is 0 Å². The summed E-state index contributed by atoms with van der Waals surface area (Å²) in [6, 6.07) is 9.19. The molecule has 1 aromatic carbocycles. The highest BCUT2D eigenvalue weighted by Gasteiger charge is 2.20.